The molecule has 0 aromatic rings. The number of rotatable bonds is 4. The third kappa shape index (κ3) is 2.97. The van der Waals surface area contributed by atoms with Crippen LogP contribution in [-0.2, 0) is 9.53 Å². The predicted molar refractivity (Wildman–Crippen MR) is 71.3 cm³/mol. The average molecular weight is 257 g/mol. The highest BCUT2D eigenvalue weighted by Gasteiger charge is 2.44. The first-order valence-electron chi connectivity index (χ1n) is 6.53. The number of methoxy groups -OCH3 is 1. The molecule has 2 unspecified atom stereocenters. The smallest absolute Gasteiger partial charge is 0.223 e. The lowest BCUT2D eigenvalue weighted by Gasteiger charge is -2.37. The average Bonchev–Trinajstić information content (AvgIpc) is 3.09. The third-order valence-electron chi connectivity index (χ3n) is 4.30. The first-order valence-corrected chi connectivity index (χ1v) is 7.16. The van der Waals surface area contributed by atoms with Crippen LogP contribution in [0.2, 0.25) is 0 Å². The zero-order valence-corrected chi connectivity index (χ0v) is 11.7. The molecule has 0 aromatic carbocycles. The molecule has 1 amide bonds. The van der Waals surface area contributed by atoms with E-state index in [4.69, 9.17) is 4.74 Å². The van der Waals surface area contributed by atoms with Crippen LogP contribution in [0.5, 0.6) is 0 Å². The summed E-state index contributed by atoms with van der Waals surface area (Å²) < 4.78 is 5.37. The molecule has 1 saturated heterocycles. The Morgan fingerprint density at radius 3 is 2.71 bits per heavy atom. The van der Waals surface area contributed by atoms with E-state index in [9.17, 15) is 4.79 Å². The molecule has 0 spiro atoms. The molecule has 2 rings (SSSR count). The monoisotopic (exact) mass is 257 g/mol. The third-order valence-corrected chi connectivity index (χ3v) is 4.97. The molecule has 0 N–H and O–H groups in total. The number of nitrogens with zero attached hydrogens (tertiary/aromatic N) is 1. The molecule has 1 aliphatic heterocycles. The summed E-state index contributed by atoms with van der Waals surface area (Å²) >= 11 is 4.36. The Balaban J connectivity index is 1.87. The number of ether oxygens (including phenoxy) is 1. The van der Waals surface area contributed by atoms with Gasteiger partial charge < -0.3 is 9.64 Å². The van der Waals surface area contributed by atoms with Crippen LogP contribution in [0.4, 0.5) is 0 Å². The van der Waals surface area contributed by atoms with Gasteiger partial charge in [0.2, 0.25) is 5.91 Å². The van der Waals surface area contributed by atoms with E-state index in [-0.39, 0.29) is 5.41 Å². The molecule has 1 saturated carbocycles. The van der Waals surface area contributed by atoms with Crippen molar-refractivity contribution in [3.8, 4) is 0 Å². The van der Waals surface area contributed by atoms with Gasteiger partial charge in [0.1, 0.15) is 0 Å². The van der Waals surface area contributed by atoms with E-state index in [0.717, 1.165) is 25.1 Å². The van der Waals surface area contributed by atoms with Crippen molar-refractivity contribution in [2.45, 2.75) is 51.2 Å². The van der Waals surface area contributed by atoms with Gasteiger partial charge in [-0.05, 0) is 43.8 Å². The van der Waals surface area contributed by atoms with Gasteiger partial charge in [0.25, 0.3) is 0 Å². The number of hydrogen-bond acceptors (Lipinski definition) is 3. The Labute approximate surface area is 109 Å². The van der Waals surface area contributed by atoms with Crippen molar-refractivity contribution in [2.75, 3.05) is 19.4 Å². The van der Waals surface area contributed by atoms with Crippen LogP contribution in [-0.4, -0.2) is 42.4 Å². The second-order valence-corrected chi connectivity index (χ2v) is 5.97. The summed E-state index contributed by atoms with van der Waals surface area (Å²) in [6.45, 7) is 2.98. The van der Waals surface area contributed by atoms with E-state index in [1.165, 1.54) is 12.8 Å². The molecule has 17 heavy (non-hydrogen) atoms. The molecule has 1 aliphatic carbocycles. The Hall–Kier alpha value is -0.220. The molecule has 2 fully saturated rings. The van der Waals surface area contributed by atoms with Gasteiger partial charge in [0.15, 0.2) is 0 Å². The maximum absolute atomic E-state index is 12.3. The van der Waals surface area contributed by atoms with Crippen LogP contribution >= 0.6 is 12.6 Å². The van der Waals surface area contributed by atoms with E-state index in [0.29, 0.717) is 24.5 Å². The Bertz CT molecular complexity index is 291. The number of carbonyl (C=O) groups excluding carboxylic acids is 1. The van der Waals surface area contributed by atoms with E-state index >= 15 is 0 Å². The van der Waals surface area contributed by atoms with Crippen molar-refractivity contribution in [3.05, 3.63) is 0 Å². The summed E-state index contributed by atoms with van der Waals surface area (Å²) in [4.78, 5) is 14.3. The van der Waals surface area contributed by atoms with E-state index < -0.39 is 0 Å². The van der Waals surface area contributed by atoms with Crippen molar-refractivity contribution >= 4 is 18.5 Å². The van der Waals surface area contributed by atoms with Crippen molar-refractivity contribution in [3.63, 3.8) is 0 Å². The summed E-state index contributed by atoms with van der Waals surface area (Å²) in [5.41, 5.74) is 0.234. The highest BCUT2D eigenvalue weighted by molar-refractivity contribution is 7.80. The quantitative estimate of drug-likeness (QED) is 0.782. The Morgan fingerprint density at radius 2 is 2.24 bits per heavy atom. The topological polar surface area (TPSA) is 29.5 Å². The molecular formula is C13H23NO2S. The normalized spacial score (nSPS) is 31.4. The van der Waals surface area contributed by atoms with Gasteiger partial charge in [-0.3, -0.25) is 4.79 Å². The molecule has 0 aromatic heterocycles. The Kier molecular flexibility index (Phi) is 4.03. The number of thiol groups is 1. The first-order chi connectivity index (χ1) is 8.10. The lowest BCUT2D eigenvalue weighted by Crippen LogP contribution is -2.47. The maximum atomic E-state index is 12.3. The van der Waals surface area contributed by atoms with Gasteiger partial charge in [-0.1, -0.05) is 0 Å². The van der Waals surface area contributed by atoms with E-state index in [1.54, 1.807) is 7.11 Å². The summed E-state index contributed by atoms with van der Waals surface area (Å²) in [6, 6.07) is 0.317. The number of amides is 1. The lowest BCUT2D eigenvalue weighted by molar-refractivity contribution is -0.137. The lowest BCUT2D eigenvalue weighted by atomic mass is 9.97. The van der Waals surface area contributed by atoms with Crippen LogP contribution < -0.4 is 0 Å². The van der Waals surface area contributed by atoms with Crippen molar-refractivity contribution in [2.24, 2.45) is 5.41 Å². The zero-order valence-electron chi connectivity index (χ0n) is 10.8. The van der Waals surface area contributed by atoms with Gasteiger partial charge in [0, 0.05) is 26.1 Å². The Morgan fingerprint density at radius 1 is 1.53 bits per heavy atom. The largest absolute Gasteiger partial charge is 0.381 e. The second-order valence-electron chi connectivity index (χ2n) is 5.65. The molecule has 2 atom stereocenters. The van der Waals surface area contributed by atoms with E-state index in [1.807, 2.05) is 4.90 Å². The minimum atomic E-state index is 0.234. The summed E-state index contributed by atoms with van der Waals surface area (Å²) in [5.74, 6) is 1.17. The first kappa shape index (κ1) is 13.2. The van der Waals surface area contributed by atoms with Gasteiger partial charge in [-0.15, -0.1) is 0 Å². The highest BCUT2D eigenvalue weighted by atomic mass is 32.1. The minimum Gasteiger partial charge on any atom is -0.381 e. The number of piperidine rings is 1. The van der Waals surface area contributed by atoms with Crippen LogP contribution in [0, 0.1) is 5.41 Å². The SMILES string of the molecule is COC1CCN(C(=O)CC2(CS)CC2)C(C)C1. The van der Waals surface area contributed by atoms with Crippen LogP contribution in [0.1, 0.15) is 39.0 Å². The fraction of sp³-hybridized carbons (Fsp3) is 0.923. The van der Waals surface area contributed by atoms with E-state index in [2.05, 4.69) is 19.6 Å². The molecule has 1 heterocycles. The van der Waals surface area contributed by atoms with Gasteiger partial charge in [-0.25, -0.2) is 0 Å². The van der Waals surface area contributed by atoms with Gasteiger partial charge in [-0.2, -0.15) is 12.6 Å². The van der Waals surface area contributed by atoms with Crippen LogP contribution in [0.25, 0.3) is 0 Å². The molecule has 0 bridgehead atoms. The maximum Gasteiger partial charge on any atom is 0.223 e. The molecule has 0 radical (unpaired) electrons. The number of hydrogen-bond donors (Lipinski definition) is 1. The standard InChI is InChI=1S/C13H23NO2S/c1-10-7-11(16-2)3-6-14(10)12(15)8-13(9-17)4-5-13/h10-11,17H,3-9H2,1-2H3. The van der Waals surface area contributed by atoms with Crippen LogP contribution in [0.15, 0.2) is 0 Å². The minimum absolute atomic E-state index is 0.234. The summed E-state index contributed by atoms with van der Waals surface area (Å²) in [5, 5.41) is 0. The highest BCUT2D eigenvalue weighted by Crippen LogP contribution is 2.50. The molecule has 98 valence electrons. The van der Waals surface area contributed by atoms with Crippen LogP contribution in [0.3, 0.4) is 0 Å². The molecular weight excluding hydrogens is 234 g/mol. The zero-order chi connectivity index (χ0) is 12.5. The second kappa shape index (κ2) is 5.19. The summed E-state index contributed by atoms with van der Waals surface area (Å²) in [7, 11) is 1.76. The van der Waals surface area contributed by atoms with Crippen molar-refractivity contribution < 1.29 is 9.53 Å². The fourth-order valence-electron chi connectivity index (χ4n) is 2.70. The van der Waals surface area contributed by atoms with Gasteiger partial charge in [0.05, 0.1) is 6.10 Å². The van der Waals surface area contributed by atoms with Crippen molar-refractivity contribution in [1.82, 2.24) is 4.90 Å². The van der Waals surface area contributed by atoms with Crippen molar-refractivity contribution in [1.29, 1.82) is 0 Å². The van der Waals surface area contributed by atoms with Gasteiger partial charge >= 0.3 is 0 Å². The molecule has 2 aliphatic rings. The fourth-order valence-corrected chi connectivity index (χ4v) is 3.13. The number of likely N-dealkylation sites (tertiary alicyclic amines) is 1. The molecule has 3 nitrogen and oxygen atoms in total. The molecule has 4 heteroatoms. The summed E-state index contributed by atoms with van der Waals surface area (Å²) in [6.07, 6.45) is 5.31. The predicted octanol–water partition coefficient (Wildman–Crippen LogP) is 2.11. The number of carbonyl (C=O) groups is 1.